The molecule has 3 heteroatoms. The second-order valence-corrected chi connectivity index (χ2v) is 8.18. The number of ether oxygens (including phenoxy) is 1. The molecule has 1 saturated carbocycles. The SMILES string of the molecule is CCCCc1ccc(OC(=O)c2ccc(C3CCC(CC)CC3)cc2)c(C#N)c1. The van der Waals surface area contributed by atoms with Crippen LogP contribution in [0.3, 0.4) is 0 Å². The van der Waals surface area contributed by atoms with E-state index in [9.17, 15) is 10.1 Å². The number of benzene rings is 2. The Morgan fingerprint density at radius 1 is 1.07 bits per heavy atom. The lowest BCUT2D eigenvalue weighted by Crippen LogP contribution is -2.13. The molecular weight excluding hydrogens is 358 g/mol. The Morgan fingerprint density at radius 2 is 1.79 bits per heavy atom. The van der Waals surface area contributed by atoms with E-state index in [1.807, 2.05) is 24.3 Å². The number of carbonyl (C=O) groups is 1. The molecule has 0 heterocycles. The average molecular weight is 390 g/mol. The molecule has 0 radical (unpaired) electrons. The highest BCUT2D eigenvalue weighted by Crippen LogP contribution is 2.37. The van der Waals surface area contributed by atoms with Crippen LogP contribution in [0.4, 0.5) is 0 Å². The summed E-state index contributed by atoms with van der Waals surface area (Å²) in [5, 5.41) is 9.43. The van der Waals surface area contributed by atoms with E-state index < -0.39 is 5.97 Å². The number of unbranched alkanes of at least 4 members (excludes halogenated alkanes) is 1. The quantitative estimate of drug-likeness (QED) is 0.386. The van der Waals surface area contributed by atoms with E-state index in [2.05, 4.69) is 32.0 Å². The van der Waals surface area contributed by atoms with Crippen molar-refractivity contribution in [2.24, 2.45) is 5.92 Å². The summed E-state index contributed by atoms with van der Waals surface area (Å²) in [6.45, 7) is 4.42. The molecule has 0 unspecified atom stereocenters. The molecule has 2 aromatic rings. The molecule has 0 amide bonds. The summed E-state index contributed by atoms with van der Waals surface area (Å²) in [5.74, 6) is 1.40. The van der Waals surface area contributed by atoms with Crippen LogP contribution in [0.15, 0.2) is 42.5 Å². The fourth-order valence-electron chi connectivity index (χ4n) is 4.24. The van der Waals surface area contributed by atoms with Crippen LogP contribution < -0.4 is 4.74 Å². The Balaban J connectivity index is 1.64. The molecule has 0 N–H and O–H groups in total. The highest BCUT2D eigenvalue weighted by Gasteiger charge is 2.21. The van der Waals surface area contributed by atoms with Crippen molar-refractivity contribution < 1.29 is 9.53 Å². The summed E-state index contributed by atoms with van der Waals surface area (Å²) in [6, 6.07) is 15.5. The number of nitrogens with zero attached hydrogens (tertiary/aromatic N) is 1. The standard InChI is InChI=1S/C26H31NO2/c1-3-5-6-20-9-16-25(24(17-20)18-27)29-26(28)23-14-12-22(13-15-23)21-10-7-19(4-2)8-11-21/h9,12-17,19,21H,3-8,10-11H2,1-2H3. The van der Waals surface area contributed by atoms with Crippen molar-refractivity contribution in [1.82, 2.24) is 0 Å². The van der Waals surface area contributed by atoms with Crippen molar-refractivity contribution >= 4 is 5.97 Å². The van der Waals surface area contributed by atoms with Crippen LogP contribution in [0, 0.1) is 17.2 Å². The third-order valence-electron chi connectivity index (χ3n) is 6.23. The maximum absolute atomic E-state index is 12.6. The summed E-state index contributed by atoms with van der Waals surface area (Å²) in [7, 11) is 0. The highest BCUT2D eigenvalue weighted by molar-refractivity contribution is 5.91. The van der Waals surface area contributed by atoms with Gasteiger partial charge in [-0.3, -0.25) is 0 Å². The van der Waals surface area contributed by atoms with Crippen LogP contribution in [0.2, 0.25) is 0 Å². The molecule has 1 aliphatic carbocycles. The number of hydrogen-bond donors (Lipinski definition) is 0. The van der Waals surface area contributed by atoms with E-state index >= 15 is 0 Å². The molecule has 29 heavy (non-hydrogen) atoms. The first kappa shape index (κ1) is 21.1. The molecule has 0 bridgehead atoms. The van der Waals surface area contributed by atoms with Gasteiger partial charge in [-0.1, -0.05) is 44.9 Å². The summed E-state index contributed by atoms with van der Waals surface area (Å²) in [4.78, 5) is 12.6. The first-order valence-electron chi connectivity index (χ1n) is 11.0. The number of esters is 1. The van der Waals surface area contributed by atoms with Gasteiger partial charge in [0.05, 0.1) is 11.1 Å². The molecule has 3 nitrogen and oxygen atoms in total. The third kappa shape index (κ3) is 5.48. The van der Waals surface area contributed by atoms with Gasteiger partial charge in [0.15, 0.2) is 0 Å². The monoisotopic (exact) mass is 389 g/mol. The fraction of sp³-hybridized carbons (Fsp3) is 0.462. The molecule has 0 aromatic heterocycles. The number of rotatable bonds is 7. The van der Waals surface area contributed by atoms with Gasteiger partial charge in [0, 0.05) is 0 Å². The average Bonchev–Trinajstić information content (AvgIpc) is 2.78. The van der Waals surface area contributed by atoms with E-state index in [0.717, 1.165) is 30.7 Å². The predicted molar refractivity (Wildman–Crippen MR) is 116 cm³/mol. The zero-order chi connectivity index (χ0) is 20.6. The zero-order valence-electron chi connectivity index (χ0n) is 17.6. The predicted octanol–water partition coefficient (Wildman–Crippen LogP) is 6.80. The van der Waals surface area contributed by atoms with E-state index in [1.54, 1.807) is 6.07 Å². The normalized spacial score (nSPS) is 18.8. The van der Waals surface area contributed by atoms with E-state index in [-0.39, 0.29) is 0 Å². The fourth-order valence-corrected chi connectivity index (χ4v) is 4.24. The van der Waals surface area contributed by atoms with Crippen molar-refractivity contribution in [3.8, 4) is 11.8 Å². The minimum Gasteiger partial charge on any atom is -0.422 e. The highest BCUT2D eigenvalue weighted by atomic mass is 16.5. The minimum absolute atomic E-state index is 0.333. The third-order valence-corrected chi connectivity index (χ3v) is 6.23. The van der Waals surface area contributed by atoms with Gasteiger partial charge < -0.3 is 4.74 Å². The summed E-state index contributed by atoms with van der Waals surface area (Å²) in [5.41, 5.74) is 3.35. The molecule has 0 saturated heterocycles. The van der Waals surface area contributed by atoms with Gasteiger partial charge >= 0.3 is 5.97 Å². The Labute approximate surface area is 174 Å². The Hall–Kier alpha value is -2.60. The van der Waals surface area contributed by atoms with E-state index in [4.69, 9.17) is 4.74 Å². The van der Waals surface area contributed by atoms with Crippen molar-refractivity contribution in [2.75, 3.05) is 0 Å². The molecule has 1 fully saturated rings. The smallest absolute Gasteiger partial charge is 0.343 e. The van der Waals surface area contributed by atoms with Gasteiger partial charge in [0.2, 0.25) is 0 Å². The first-order chi connectivity index (χ1) is 14.1. The Bertz CT molecular complexity index is 855. The van der Waals surface area contributed by atoms with Crippen LogP contribution in [-0.4, -0.2) is 5.97 Å². The molecule has 2 aromatic carbocycles. The van der Waals surface area contributed by atoms with Gasteiger partial charge in [-0.2, -0.15) is 5.26 Å². The van der Waals surface area contributed by atoms with Gasteiger partial charge in [-0.05, 0) is 85.8 Å². The zero-order valence-corrected chi connectivity index (χ0v) is 17.6. The summed E-state index contributed by atoms with van der Waals surface area (Å²) < 4.78 is 5.53. The topological polar surface area (TPSA) is 50.1 Å². The first-order valence-corrected chi connectivity index (χ1v) is 11.0. The number of hydrogen-bond acceptors (Lipinski definition) is 3. The van der Waals surface area contributed by atoms with Crippen molar-refractivity contribution in [3.63, 3.8) is 0 Å². The van der Waals surface area contributed by atoms with Crippen LogP contribution in [-0.2, 0) is 6.42 Å². The van der Waals surface area contributed by atoms with Gasteiger partial charge in [-0.15, -0.1) is 0 Å². The molecule has 3 rings (SSSR count). The summed E-state index contributed by atoms with van der Waals surface area (Å²) in [6.07, 6.45) is 9.47. The van der Waals surface area contributed by atoms with Gasteiger partial charge in [-0.25, -0.2) is 4.79 Å². The molecule has 1 aliphatic rings. The lowest BCUT2D eigenvalue weighted by atomic mass is 9.78. The van der Waals surface area contributed by atoms with Crippen LogP contribution in [0.25, 0.3) is 0 Å². The van der Waals surface area contributed by atoms with Crippen LogP contribution in [0.5, 0.6) is 5.75 Å². The summed E-state index contributed by atoms with van der Waals surface area (Å²) >= 11 is 0. The molecular formula is C26H31NO2. The van der Waals surface area contributed by atoms with Crippen molar-refractivity contribution in [3.05, 3.63) is 64.7 Å². The molecule has 0 aliphatic heterocycles. The van der Waals surface area contributed by atoms with Crippen LogP contribution >= 0.6 is 0 Å². The Kier molecular flexibility index (Phi) is 7.47. The maximum atomic E-state index is 12.6. The molecule has 152 valence electrons. The van der Waals surface area contributed by atoms with Crippen molar-refractivity contribution in [1.29, 1.82) is 5.26 Å². The van der Waals surface area contributed by atoms with Crippen molar-refractivity contribution in [2.45, 2.75) is 71.1 Å². The number of aryl methyl sites for hydroxylation is 1. The van der Waals surface area contributed by atoms with E-state index in [1.165, 1.54) is 37.7 Å². The number of nitriles is 1. The lowest BCUT2D eigenvalue weighted by Gasteiger charge is -2.28. The number of carbonyl (C=O) groups excluding carboxylic acids is 1. The molecule has 0 atom stereocenters. The molecule has 0 spiro atoms. The lowest BCUT2D eigenvalue weighted by molar-refractivity contribution is 0.0734. The maximum Gasteiger partial charge on any atom is 0.343 e. The van der Waals surface area contributed by atoms with Gasteiger partial charge in [0.25, 0.3) is 0 Å². The Morgan fingerprint density at radius 3 is 2.41 bits per heavy atom. The second-order valence-electron chi connectivity index (χ2n) is 8.18. The van der Waals surface area contributed by atoms with Crippen LogP contribution in [0.1, 0.15) is 91.8 Å². The van der Waals surface area contributed by atoms with E-state index in [0.29, 0.717) is 22.8 Å². The van der Waals surface area contributed by atoms with Gasteiger partial charge in [0.1, 0.15) is 11.8 Å². The minimum atomic E-state index is -0.413. The second kappa shape index (κ2) is 10.3. The largest absolute Gasteiger partial charge is 0.422 e.